The van der Waals surface area contributed by atoms with Gasteiger partial charge in [0.25, 0.3) is 0 Å². The molecule has 14 nitrogen and oxygen atoms in total. The summed E-state index contributed by atoms with van der Waals surface area (Å²) in [6.07, 6.45) is 3.56. The second kappa shape index (κ2) is 24.3. The monoisotopic (exact) mass is 840 g/mol. The summed E-state index contributed by atoms with van der Waals surface area (Å²) in [5, 5.41) is 24.3. The Labute approximate surface area is 348 Å². The Kier molecular flexibility index (Phi) is 20.0. The van der Waals surface area contributed by atoms with Crippen LogP contribution in [0.25, 0.3) is 0 Å². The summed E-state index contributed by atoms with van der Waals surface area (Å²) in [7, 11) is 0. The number of likely N-dealkylation sites (tertiary alicyclic amines) is 2. The van der Waals surface area contributed by atoms with E-state index in [4.69, 9.17) is 0 Å². The standard InChI is InChI=1S/2C21H28N2O5S/c2*1-3-18(24)29-13-14(2)20(26)23-11-7-10-17(23)19(25)22-16(21(27)28)12-15-8-5-4-6-9-15/h2*4-6,8-9,14,16-17H,3,7,10-13H2,1-2H3,(H,22,25)(H,27,28)/t2*14?,16-,17-/m00/s1. The number of carboxylic acid groups (broad SMARTS) is 2. The third-order valence-corrected chi connectivity index (χ3v) is 12.4. The number of amides is 4. The van der Waals surface area contributed by atoms with Gasteiger partial charge in [-0.3, -0.25) is 28.8 Å². The number of thioether (sulfide) groups is 2. The first kappa shape index (κ1) is 47.7. The number of hydrogen-bond donors (Lipinski definition) is 4. The van der Waals surface area contributed by atoms with E-state index >= 15 is 0 Å². The maximum absolute atomic E-state index is 12.8. The van der Waals surface area contributed by atoms with E-state index < -0.39 is 47.9 Å². The molecule has 0 radical (unpaired) electrons. The summed E-state index contributed by atoms with van der Waals surface area (Å²) in [4.78, 5) is 100. The third-order valence-electron chi connectivity index (χ3n) is 9.88. The van der Waals surface area contributed by atoms with Crippen LogP contribution in [0.3, 0.4) is 0 Å². The van der Waals surface area contributed by atoms with E-state index in [1.807, 2.05) is 60.7 Å². The summed E-state index contributed by atoms with van der Waals surface area (Å²) in [6, 6.07) is 14.7. The number of rotatable bonds is 18. The zero-order valence-corrected chi connectivity index (χ0v) is 35.2. The number of aliphatic carboxylic acids is 2. The predicted octanol–water partition coefficient (Wildman–Crippen LogP) is 4.19. The van der Waals surface area contributed by atoms with Crippen molar-refractivity contribution in [2.75, 3.05) is 24.6 Å². The van der Waals surface area contributed by atoms with Crippen molar-refractivity contribution in [1.82, 2.24) is 20.4 Å². The summed E-state index contributed by atoms with van der Waals surface area (Å²) in [5.74, 6) is -3.46. The van der Waals surface area contributed by atoms with Crippen LogP contribution in [0.15, 0.2) is 60.7 Å². The highest BCUT2D eigenvalue weighted by Crippen LogP contribution is 2.24. The van der Waals surface area contributed by atoms with Gasteiger partial charge < -0.3 is 30.6 Å². The second-order valence-corrected chi connectivity index (χ2v) is 16.6. The van der Waals surface area contributed by atoms with Crippen LogP contribution in [0, 0.1) is 11.8 Å². The summed E-state index contributed by atoms with van der Waals surface area (Å²) in [5.41, 5.74) is 1.62. The molecule has 16 heteroatoms. The van der Waals surface area contributed by atoms with Crippen molar-refractivity contribution in [3.8, 4) is 0 Å². The Morgan fingerprint density at radius 1 is 0.621 bits per heavy atom. The largest absolute Gasteiger partial charge is 0.480 e. The fourth-order valence-corrected chi connectivity index (χ4v) is 8.16. The van der Waals surface area contributed by atoms with E-state index in [0.717, 1.165) is 34.7 Å². The first-order chi connectivity index (χ1) is 27.7. The average molecular weight is 841 g/mol. The Morgan fingerprint density at radius 3 is 1.28 bits per heavy atom. The highest BCUT2D eigenvalue weighted by atomic mass is 32.2. The molecular formula is C42H56N4O10S2. The van der Waals surface area contributed by atoms with Gasteiger partial charge in [0.15, 0.2) is 10.2 Å². The van der Waals surface area contributed by atoms with Gasteiger partial charge in [-0.25, -0.2) is 9.59 Å². The molecule has 2 fully saturated rings. The van der Waals surface area contributed by atoms with Gasteiger partial charge in [0.2, 0.25) is 23.6 Å². The fourth-order valence-electron chi connectivity index (χ4n) is 6.59. The Balaban J connectivity index is 0.000000310. The quantitative estimate of drug-likeness (QED) is 0.167. The summed E-state index contributed by atoms with van der Waals surface area (Å²) < 4.78 is 0. The lowest BCUT2D eigenvalue weighted by molar-refractivity contribution is -0.145. The van der Waals surface area contributed by atoms with Gasteiger partial charge in [0, 0.05) is 62.1 Å². The van der Waals surface area contributed by atoms with Crippen LogP contribution < -0.4 is 10.6 Å². The minimum absolute atomic E-state index is 0.0329. The first-order valence-electron chi connectivity index (χ1n) is 19.7. The number of carbonyl (C=O) groups is 8. The first-order valence-corrected chi connectivity index (χ1v) is 21.7. The lowest BCUT2D eigenvalue weighted by Crippen LogP contribution is -2.52. The molecule has 4 N–H and O–H groups in total. The van der Waals surface area contributed by atoms with Crippen LogP contribution in [0.4, 0.5) is 0 Å². The number of hydrogen-bond acceptors (Lipinski definition) is 10. The Bertz CT molecular complexity index is 1610. The average Bonchev–Trinajstić information content (AvgIpc) is 3.93. The molecule has 4 amide bonds. The lowest BCUT2D eigenvalue weighted by atomic mass is 10.1. The fraction of sp³-hybridized carbons (Fsp3) is 0.524. The molecule has 0 aromatic heterocycles. The van der Waals surface area contributed by atoms with Crippen molar-refractivity contribution in [3.05, 3.63) is 71.8 Å². The molecule has 2 aliphatic rings. The van der Waals surface area contributed by atoms with E-state index in [1.165, 1.54) is 9.80 Å². The molecule has 2 heterocycles. The van der Waals surface area contributed by atoms with Gasteiger partial charge in [0.1, 0.15) is 24.2 Å². The van der Waals surface area contributed by atoms with Gasteiger partial charge >= 0.3 is 11.9 Å². The van der Waals surface area contributed by atoms with Crippen molar-refractivity contribution >= 4 is 69.3 Å². The molecule has 2 aliphatic heterocycles. The molecule has 0 spiro atoms. The summed E-state index contributed by atoms with van der Waals surface area (Å²) in [6.45, 7) is 7.98. The van der Waals surface area contributed by atoms with Crippen LogP contribution in [-0.4, -0.2) is 115 Å². The molecule has 2 saturated heterocycles. The van der Waals surface area contributed by atoms with E-state index in [-0.39, 0.29) is 46.7 Å². The molecule has 2 aromatic rings. The number of carboxylic acids is 2. The van der Waals surface area contributed by atoms with Crippen LogP contribution in [0.5, 0.6) is 0 Å². The smallest absolute Gasteiger partial charge is 0.326 e. The highest BCUT2D eigenvalue weighted by Gasteiger charge is 2.39. The maximum atomic E-state index is 12.8. The van der Waals surface area contributed by atoms with Gasteiger partial charge in [-0.15, -0.1) is 0 Å². The molecule has 0 bridgehead atoms. The van der Waals surface area contributed by atoms with Gasteiger partial charge in [-0.05, 0) is 36.8 Å². The number of nitrogens with one attached hydrogen (secondary N) is 2. The lowest BCUT2D eigenvalue weighted by Gasteiger charge is -2.27. The molecule has 58 heavy (non-hydrogen) atoms. The molecule has 6 atom stereocenters. The van der Waals surface area contributed by atoms with Crippen LogP contribution >= 0.6 is 23.5 Å². The van der Waals surface area contributed by atoms with E-state index in [9.17, 15) is 48.6 Å². The Hall–Kier alpha value is -4.70. The zero-order chi connectivity index (χ0) is 42.8. The van der Waals surface area contributed by atoms with E-state index in [0.29, 0.717) is 63.1 Å². The van der Waals surface area contributed by atoms with Gasteiger partial charge in [-0.1, -0.05) is 112 Å². The van der Waals surface area contributed by atoms with Crippen LogP contribution in [0.1, 0.15) is 77.3 Å². The number of carbonyl (C=O) groups excluding carboxylic acids is 6. The highest BCUT2D eigenvalue weighted by molar-refractivity contribution is 8.13. The topological polar surface area (TPSA) is 208 Å². The molecule has 0 saturated carbocycles. The number of benzene rings is 2. The molecule has 0 aliphatic carbocycles. The van der Waals surface area contributed by atoms with Crippen LogP contribution in [-0.2, 0) is 51.2 Å². The molecule has 2 unspecified atom stereocenters. The third kappa shape index (κ3) is 14.9. The van der Waals surface area contributed by atoms with Crippen molar-refractivity contribution < 1.29 is 48.6 Å². The van der Waals surface area contributed by atoms with Gasteiger partial charge in [0.05, 0.1) is 0 Å². The van der Waals surface area contributed by atoms with Gasteiger partial charge in [-0.2, -0.15) is 0 Å². The normalized spacial score (nSPS) is 18.1. The van der Waals surface area contributed by atoms with E-state index in [2.05, 4.69) is 10.6 Å². The van der Waals surface area contributed by atoms with Crippen molar-refractivity contribution in [2.45, 2.75) is 103 Å². The van der Waals surface area contributed by atoms with Crippen molar-refractivity contribution in [2.24, 2.45) is 11.8 Å². The summed E-state index contributed by atoms with van der Waals surface area (Å²) >= 11 is 2.26. The SMILES string of the molecule is CCC(=O)SCC(C)C(=O)N1CCC[C@H]1C(=O)N[C@@H](Cc1ccccc1)C(=O)O.CCC(=O)SCC(C)C(=O)N1CCC[C@H]1C(=O)N[C@@H](Cc1ccccc1)C(=O)O. The molecule has 316 valence electrons. The zero-order valence-electron chi connectivity index (χ0n) is 33.6. The minimum atomic E-state index is -1.11. The number of nitrogens with zero attached hydrogens (tertiary/aromatic N) is 2. The van der Waals surface area contributed by atoms with Crippen LogP contribution in [0.2, 0.25) is 0 Å². The molecule has 2 aromatic carbocycles. The maximum Gasteiger partial charge on any atom is 0.326 e. The Morgan fingerprint density at radius 2 is 0.966 bits per heavy atom. The van der Waals surface area contributed by atoms with E-state index in [1.54, 1.807) is 27.7 Å². The molecule has 4 rings (SSSR count). The van der Waals surface area contributed by atoms with Crippen molar-refractivity contribution in [1.29, 1.82) is 0 Å². The van der Waals surface area contributed by atoms with Crippen molar-refractivity contribution in [3.63, 3.8) is 0 Å². The molecular weight excluding hydrogens is 785 g/mol. The predicted molar refractivity (Wildman–Crippen MR) is 223 cm³/mol. The second-order valence-electron chi connectivity index (χ2n) is 14.4. The minimum Gasteiger partial charge on any atom is -0.480 e.